The lowest BCUT2D eigenvalue weighted by Gasteiger charge is -2.41. The molecule has 10 heteroatoms. The van der Waals surface area contributed by atoms with Crippen molar-refractivity contribution < 1.29 is 4.74 Å². The highest BCUT2D eigenvalue weighted by atomic mass is 35.5. The topological polar surface area (TPSA) is 119 Å². The van der Waals surface area contributed by atoms with Crippen LogP contribution in [-0.4, -0.2) is 52.0 Å². The normalized spacial score (nSPS) is 23.5. The first-order valence-corrected chi connectivity index (χ1v) is 11.2. The largest absolute Gasteiger partial charge is 0.382 e. The lowest BCUT2D eigenvalue weighted by molar-refractivity contribution is 0.0974. The third kappa shape index (κ3) is 3.20. The fourth-order valence-corrected chi connectivity index (χ4v) is 5.65. The van der Waals surface area contributed by atoms with Gasteiger partial charge in [0.25, 0.3) is 0 Å². The van der Waals surface area contributed by atoms with Gasteiger partial charge in [0.2, 0.25) is 0 Å². The van der Waals surface area contributed by atoms with Gasteiger partial charge in [-0.3, -0.25) is 5.10 Å². The van der Waals surface area contributed by atoms with Gasteiger partial charge < -0.3 is 21.1 Å². The number of ether oxygens (including phenoxy) is 1. The lowest BCUT2D eigenvalue weighted by atomic mass is 9.73. The molecule has 5 heterocycles. The van der Waals surface area contributed by atoms with Gasteiger partial charge in [-0.25, -0.2) is 9.97 Å². The predicted molar refractivity (Wildman–Crippen MR) is 119 cm³/mol. The number of hydrogen-bond donors (Lipinski definition) is 3. The molecule has 3 aromatic rings. The highest BCUT2D eigenvalue weighted by Crippen LogP contribution is 2.43. The minimum absolute atomic E-state index is 0.0826. The first-order chi connectivity index (χ1) is 14.5. The molecule has 2 fully saturated rings. The first kappa shape index (κ1) is 19.9. The average molecular weight is 446 g/mol. The van der Waals surface area contributed by atoms with E-state index in [1.807, 2.05) is 18.5 Å². The molecule has 5 rings (SSSR count). The molecule has 5 N–H and O–H groups in total. The fourth-order valence-electron chi connectivity index (χ4n) is 4.50. The van der Waals surface area contributed by atoms with E-state index in [2.05, 4.69) is 27.0 Å². The third-order valence-electron chi connectivity index (χ3n) is 6.44. The van der Waals surface area contributed by atoms with Crippen LogP contribution < -0.4 is 16.4 Å². The van der Waals surface area contributed by atoms with Gasteiger partial charge in [0.1, 0.15) is 11.6 Å². The molecule has 0 saturated carbocycles. The van der Waals surface area contributed by atoms with Gasteiger partial charge in [-0.2, -0.15) is 5.10 Å². The van der Waals surface area contributed by atoms with Crippen molar-refractivity contribution in [1.82, 2.24) is 20.2 Å². The van der Waals surface area contributed by atoms with E-state index in [0.29, 0.717) is 10.8 Å². The number of fused-ring (bicyclic) bond motifs is 1. The molecular formula is C20H24ClN7OS. The minimum atomic E-state index is 0.0826. The molecule has 2 saturated heterocycles. The van der Waals surface area contributed by atoms with E-state index >= 15 is 0 Å². The van der Waals surface area contributed by atoms with E-state index < -0.39 is 0 Å². The van der Waals surface area contributed by atoms with Crippen LogP contribution in [0, 0.1) is 5.41 Å². The number of pyridine rings is 2. The third-order valence-corrected chi connectivity index (χ3v) is 8.04. The van der Waals surface area contributed by atoms with Crippen LogP contribution in [0.3, 0.4) is 0 Å². The molecule has 2 aliphatic rings. The van der Waals surface area contributed by atoms with E-state index in [0.717, 1.165) is 59.0 Å². The summed E-state index contributed by atoms with van der Waals surface area (Å²) in [6, 6.07) is 1.94. The number of rotatable bonds is 3. The molecule has 2 aliphatic heterocycles. The van der Waals surface area contributed by atoms with Crippen LogP contribution in [0.1, 0.15) is 19.8 Å². The maximum atomic E-state index is 6.46. The smallest absolute Gasteiger partial charge is 0.143 e. The number of aromatic amines is 1. The Balaban J connectivity index is 1.40. The Labute approximate surface area is 183 Å². The summed E-state index contributed by atoms with van der Waals surface area (Å²) in [6.07, 6.45) is 7.48. The number of nitrogens with one attached hydrogen (secondary N) is 1. The molecule has 0 aliphatic carbocycles. The number of H-pyrrole nitrogens is 1. The standard InChI is InChI=1S/C20H24ClN7OS/c1-11-17(22)20(10-29-11)3-6-28(7-4-20)19-12-8-26-27-16(12)14(9-25-19)30-13-2-5-24-18(23)15(13)21/h2,5,8-9,11,17H,3-4,6-7,10,22H2,1H3,(H2,23,24)(H,26,27)/t11-,17+/m0/s1. The minimum Gasteiger partial charge on any atom is -0.382 e. The summed E-state index contributed by atoms with van der Waals surface area (Å²) in [7, 11) is 0. The summed E-state index contributed by atoms with van der Waals surface area (Å²) in [5.41, 5.74) is 13.3. The Bertz CT molecular complexity index is 1080. The monoisotopic (exact) mass is 445 g/mol. The molecule has 1 spiro atoms. The quantitative estimate of drug-likeness (QED) is 0.562. The molecule has 158 valence electrons. The van der Waals surface area contributed by atoms with Gasteiger partial charge in [-0.1, -0.05) is 23.4 Å². The highest BCUT2D eigenvalue weighted by Gasteiger charge is 2.47. The summed E-state index contributed by atoms with van der Waals surface area (Å²) < 4.78 is 5.85. The fraction of sp³-hybridized carbons (Fsp3) is 0.450. The van der Waals surface area contributed by atoms with Crippen LogP contribution in [0.4, 0.5) is 11.6 Å². The Morgan fingerprint density at radius 1 is 1.27 bits per heavy atom. The molecule has 2 atom stereocenters. The summed E-state index contributed by atoms with van der Waals surface area (Å²) in [4.78, 5) is 12.9. The predicted octanol–water partition coefficient (Wildman–Crippen LogP) is 3.07. The number of aromatic nitrogens is 4. The van der Waals surface area contributed by atoms with E-state index in [1.54, 1.807) is 6.20 Å². The number of piperidine rings is 1. The Morgan fingerprint density at radius 3 is 2.80 bits per heavy atom. The van der Waals surface area contributed by atoms with Crippen LogP contribution in [-0.2, 0) is 4.74 Å². The van der Waals surface area contributed by atoms with Crippen LogP contribution in [0.25, 0.3) is 10.9 Å². The van der Waals surface area contributed by atoms with Crippen molar-refractivity contribution in [3.8, 4) is 0 Å². The number of anilines is 2. The van der Waals surface area contributed by atoms with E-state index in [1.165, 1.54) is 11.8 Å². The molecule has 0 amide bonds. The molecular weight excluding hydrogens is 422 g/mol. The zero-order valence-corrected chi connectivity index (χ0v) is 18.2. The van der Waals surface area contributed by atoms with Crippen molar-refractivity contribution in [2.45, 2.75) is 41.7 Å². The van der Waals surface area contributed by atoms with Crippen LogP contribution in [0.5, 0.6) is 0 Å². The van der Waals surface area contributed by atoms with Crippen LogP contribution in [0.2, 0.25) is 5.02 Å². The van der Waals surface area contributed by atoms with Crippen molar-refractivity contribution >= 4 is 45.9 Å². The van der Waals surface area contributed by atoms with Gasteiger partial charge >= 0.3 is 0 Å². The summed E-state index contributed by atoms with van der Waals surface area (Å²) in [6.45, 7) is 4.62. The summed E-state index contributed by atoms with van der Waals surface area (Å²) in [5, 5.41) is 8.84. The number of halogens is 1. The van der Waals surface area contributed by atoms with Crippen molar-refractivity contribution in [3.05, 3.63) is 29.7 Å². The highest BCUT2D eigenvalue weighted by molar-refractivity contribution is 7.99. The Hall–Kier alpha value is -2.07. The number of hydrogen-bond acceptors (Lipinski definition) is 8. The van der Waals surface area contributed by atoms with Crippen LogP contribution in [0.15, 0.2) is 34.4 Å². The number of nitrogens with two attached hydrogens (primary N) is 2. The molecule has 0 radical (unpaired) electrons. The molecule has 0 unspecified atom stereocenters. The maximum absolute atomic E-state index is 6.46. The SMILES string of the molecule is C[C@@H]1OCC2(CCN(c3ncc(Sc4ccnc(N)c4Cl)c4[nH]ncc34)CC2)[C@@H]1N. The first-order valence-electron chi connectivity index (χ1n) is 10.0. The molecule has 3 aromatic heterocycles. The maximum Gasteiger partial charge on any atom is 0.143 e. The summed E-state index contributed by atoms with van der Waals surface area (Å²) in [5.74, 6) is 1.26. The Kier molecular flexibility index (Phi) is 5.01. The van der Waals surface area contributed by atoms with E-state index in [-0.39, 0.29) is 17.6 Å². The second kappa shape index (κ2) is 7.56. The van der Waals surface area contributed by atoms with Gasteiger partial charge in [0.15, 0.2) is 0 Å². The summed E-state index contributed by atoms with van der Waals surface area (Å²) >= 11 is 7.82. The molecule has 0 aromatic carbocycles. The average Bonchev–Trinajstić information content (AvgIpc) is 3.35. The lowest BCUT2D eigenvalue weighted by Crippen LogP contribution is -2.50. The number of nitrogens with zero attached hydrogens (tertiary/aromatic N) is 4. The van der Waals surface area contributed by atoms with Crippen molar-refractivity contribution in [2.24, 2.45) is 11.1 Å². The Morgan fingerprint density at radius 2 is 2.07 bits per heavy atom. The van der Waals surface area contributed by atoms with Crippen LogP contribution >= 0.6 is 23.4 Å². The molecule has 30 heavy (non-hydrogen) atoms. The van der Waals surface area contributed by atoms with Crippen molar-refractivity contribution in [2.75, 3.05) is 30.3 Å². The zero-order valence-electron chi connectivity index (χ0n) is 16.6. The second-order valence-electron chi connectivity index (χ2n) is 8.11. The number of nitrogen functional groups attached to an aromatic ring is 1. The van der Waals surface area contributed by atoms with Crippen molar-refractivity contribution in [3.63, 3.8) is 0 Å². The van der Waals surface area contributed by atoms with Gasteiger partial charge in [0, 0.05) is 41.8 Å². The van der Waals surface area contributed by atoms with Crippen molar-refractivity contribution in [1.29, 1.82) is 0 Å². The van der Waals surface area contributed by atoms with Gasteiger partial charge in [0.05, 0.1) is 39.7 Å². The van der Waals surface area contributed by atoms with Gasteiger partial charge in [-0.15, -0.1) is 0 Å². The molecule has 8 nitrogen and oxygen atoms in total. The van der Waals surface area contributed by atoms with E-state index in [9.17, 15) is 0 Å². The van der Waals surface area contributed by atoms with Gasteiger partial charge in [-0.05, 0) is 25.8 Å². The second-order valence-corrected chi connectivity index (χ2v) is 9.57. The zero-order chi connectivity index (χ0) is 20.9. The molecule has 0 bridgehead atoms. The van der Waals surface area contributed by atoms with E-state index in [4.69, 9.17) is 32.8 Å².